The minimum atomic E-state index is 0.663. The van der Waals surface area contributed by atoms with Crippen LogP contribution in [0, 0.1) is 0 Å². The van der Waals surface area contributed by atoms with Crippen LogP contribution in [0.3, 0.4) is 0 Å². The second kappa shape index (κ2) is 3.78. The molecule has 14 heavy (non-hydrogen) atoms. The number of nitrogens with one attached hydrogen (secondary N) is 2. The molecule has 0 unspecified atom stereocenters. The largest absolute Gasteiger partial charge is 0.399 e. The highest BCUT2D eigenvalue weighted by Crippen LogP contribution is 2.08. The van der Waals surface area contributed by atoms with Crippen LogP contribution in [-0.4, -0.2) is 15.0 Å². The van der Waals surface area contributed by atoms with Crippen molar-refractivity contribution < 1.29 is 0 Å². The van der Waals surface area contributed by atoms with E-state index in [1.165, 1.54) is 0 Å². The van der Waals surface area contributed by atoms with E-state index in [4.69, 9.17) is 5.73 Å². The van der Waals surface area contributed by atoms with Crippen LogP contribution in [-0.2, 0) is 6.54 Å². The van der Waals surface area contributed by atoms with Gasteiger partial charge in [0.1, 0.15) is 5.82 Å². The van der Waals surface area contributed by atoms with Crippen molar-refractivity contribution in [3.8, 4) is 0 Å². The summed E-state index contributed by atoms with van der Waals surface area (Å²) in [6.45, 7) is 0.663. The van der Waals surface area contributed by atoms with E-state index in [1.54, 1.807) is 30.9 Å². The molecule has 0 aliphatic carbocycles. The standard InChI is InChI=1S/C9H11N5/c10-7-1-2-12-9(3-7)13-5-8-4-11-6-14-8/h1-4,6H,5H2,(H,11,14)(H3,10,12,13). The van der Waals surface area contributed by atoms with E-state index in [1.807, 2.05) is 0 Å². The van der Waals surface area contributed by atoms with Gasteiger partial charge in [-0.2, -0.15) is 0 Å². The summed E-state index contributed by atoms with van der Waals surface area (Å²) in [6.07, 6.45) is 5.08. The fourth-order valence-electron chi connectivity index (χ4n) is 1.11. The lowest BCUT2D eigenvalue weighted by Crippen LogP contribution is -2.01. The molecule has 2 aromatic heterocycles. The van der Waals surface area contributed by atoms with Gasteiger partial charge < -0.3 is 16.0 Å². The average Bonchev–Trinajstić information content (AvgIpc) is 2.67. The SMILES string of the molecule is Nc1ccnc(NCc2cnc[nH]2)c1. The first-order valence-electron chi connectivity index (χ1n) is 4.27. The predicted octanol–water partition coefficient (Wildman–Crippen LogP) is 0.999. The van der Waals surface area contributed by atoms with E-state index >= 15 is 0 Å². The van der Waals surface area contributed by atoms with E-state index in [0.29, 0.717) is 12.2 Å². The average molecular weight is 189 g/mol. The number of aromatic nitrogens is 3. The number of hydrogen-bond acceptors (Lipinski definition) is 4. The van der Waals surface area contributed by atoms with Crippen molar-refractivity contribution in [2.45, 2.75) is 6.54 Å². The molecule has 0 fully saturated rings. The fourth-order valence-corrected chi connectivity index (χ4v) is 1.11. The molecular weight excluding hydrogens is 178 g/mol. The van der Waals surface area contributed by atoms with Gasteiger partial charge in [-0.05, 0) is 6.07 Å². The summed E-state index contributed by atoms with van der Waals surface area (Å²) in [6, 6.07) is 3.54. The van der Waals surface area contributed by atoms with Gasteiger partial charge in [0, 0.05) is 24.1 Å². The van der Waals surface area contributed by atoms with Crippen LogP contribution in [0.25, 0.3) is 0 Å². The number of hydrogen-bond donors (Lipinski definition) is 3. The summed E-state index contributed by atoms with van der Waals surface area (Å²) in [4.78, 5) is 11.0. The van der Waals surface area contributed by atoms with Gasteiger partial charge in [0.2, 0.25) is 0 Å². The molecular formula is C9H11N5. The van der Waals surface area contributed by atoms with Crippen molar-refractivity contribution in [3.05, 3.63) is 36.5 Å². The van der Waals surface area contributed by atoms with Crippen LogP contribution in [0.2, 0.25) is 0 Å². The van der Waals surface area contributed by atoms with Crippen LogP contribution in [0.15, 0.2) is 30.9 Å². The Labute approximate surface area is 81.4 Å². The first-order chi connectivity index (χ1) is 6.84. The van der Waals surface area contributed by atoms with Gasteiger partial charge >= 0.3 is 0 Å². The van der Waals surface area contributed by atoms with E-state index < -0.39 is 0 Å². The number of pyridine rings is 1. The molecule has 0 radical (unpaired) electrons. The third-order valence-corrected chi connectivity index (χ3v) is 1.80. The van der Waals surface area contributed by atoms with Gasteiger partial charge in [0.25, 0.3) is 0 Å². The van der Waals surface area contributed by atoms with Crippen LogP contribution < -0.4 is 11.1 Å². The van der Waals surface area contributed by atoms with Gasteiger partial charge in [-0.1, -0.05) is 0 Å². The Morgan fingerprint density at radius 3 is 3.14 bits per heavy atom. The number of nitrogens with zero attached hydrogens (tertiary/aromatic N) is 2. The smallest absolute Gasteiger partial charge is 0.128 e. The van der Waals surface area contributed by atoms with Crippen molar-refractivity contribution in [1.82, 2.24) is 15.0 Å². The maximum absolute atomic E-state index is 5.61. The van der Waals surface area contributed by atoms with Crippen molar-refractivity contribution in [1.29, 1.82) is 0 Å². The summed E-state index contributed by atoms with van der Waals surface area (Å²) in [5.41, 5.74) is 7.32. The normalized spacial score (nSPS) is 10.0. The van der Waals surface area contributed by atoms with E-state index in [0.717, 1.165) is 11.5 Å². The Balaban J connectivity index is 1.98. The number of aromatic amines is 1. The number of nitrogens with two attached hydrogens (primary N) is 1. The second-order valence-electron chi connectivity index (χ2n) is 2.90. The fraction of sp³-hybridized carbons (Fsp3) is 0.111. The molecule has 5 heteroatoms. The Kier molecular flexibility index (Phi) is 2.31. The molecule has 0 amide bonds. The Bertz CT molecular complexity index is 395. The van der Waals surface area contributed by atoms with Crippen LogP contribution in [0.1, 0.15) is 5.69 Å². The minimum absolute atomic E-state index is 0.663. The summed E-state index contributed by atoms with van der Waals surface area (Å²) >= 11 is 0. The van der Waals surface area contributed by atoms with Gasteiger partial charge in [-0.15, -0.1) is 0 Å². The molecule has 0 aliphatic rings. The third-order valence-electron chi connectivity index (χ3n) is 1.80. The Morgan fingerprint density at radius 1 is 1.50 bits per heavy atom. The van der Waals surface area contributed by atoms with E-state index in [9.17, 15) is 0 Å². The molecule has 0 atom stereocenters. The van der Waals surface area contributed by atoms with Crippen LogP contribution in [0.4, 0.5) is 11.5 Å². The first-order valence-corrected chi connectivity index (χ1v) is 4.27. The number of H-pyrrole nitrogens is 1. The predicted molar refractivity (Wildman–Crippen MR) is 54.6 cm³/mol. The maximum Gasteiger partial charge on any atom is 0.128 e. The van der Waals surface area contributed by atoms with Crippen LogP contribution in [0.5, 0.6) is 0 Å². The molecule has 0 aromatic carbocycles. The number of rotatable bonds is 3. The number of imidazole rings is 1. The summed E-state index contributed by atoms with van der Waals surface area (Å²) < 4.78 is 0. The molecule has 0 aliphatic heterocycles. The lowest BCUT2D eigenvalue weighted by molar-refractivity contribution is 1.05. The van der Waals surface area contributed by atoms with Crippen molar-refractivity contribution >= 4 is 11.5 Å². The first kappa shape index (κ1) is 8.55. The van der Waals surface area contributed by atoms with E-state index in [2.05, 4.69) is 20.3 Å². The van der Waals surface area contributed by atoms with E-state index in [-0.39, 0.29) is 0 Å². The van der Waals surface area contributed by atoms with Gasteiger partial charge in [-0.3, -0.25) is 0 Å². The quantitative estimate of drug-likeness (QED) is 0.673. The molecule has 72 valence electrons. The van der Waals surface area contributed by atoms with Crippen LogP contribution >= 0.6 is 0 Å². The summed E-state index contributed by atoms with van der Waals surface area (Å²) in [5.74, 6) is 0.764. The second-order valence-corrected chi connectivity index (χ2v) is 2.90. The molecule has 5 nitrogen and oxygen atoms in total. The molecule has 2 heterocycles. The highest BCUT2D eigenvalue weighted by Gasteiger charge is 1.95. The lowest BCUT2D eigenvalue weighted by atomic mass is 10.4. The zero-order valence-corrected chi connectivity index (χ0v) is 7.57. The molecule has 2 aromatic rings. The highest BCUT2D eigenvalue weighted by molar-refractivity contribution is 5.48. The molecule has 0 saturated heterocycles. The topological polar surface area (TPSA) is 79.6 Å². The van der Waals surface area contributed by atoms with Crippen molar-refractivity contribution in [2.24, 2.45) is 0 Å². The molecule has 0 saturated carbocycles. The molecule has 4 N–H and O–H groups in total. The summed E-state index contributed by atoms with van der Waals surface area (Å²) in [7, 11) is 0. The van der Waals surface area contributed by atoms with Gasteiger partial charge in [0.05, 0.1) is 18.6 Å². The zero-order valence-electron chi connectivity index (χ0n) is 7.57. The molecule has 0 bridgehead atoms. The highest BCUT2D eigenvalue weighted by atomic mass is 15.0. The zero-order chi connectivity index (χ0) is 9.80. The maximum atomic E-state index is 5.61. The number of nitrogen functional groups attached to an aromatic ring is 1. The van der Waals surface area contributed by atoms with Gasteiger partial charge in [-0.25, -0.2) is 9.97 Å². The lowest BCUT2D eigenvalue weighted by Gasteiger charge is -2.03. The Morgan fingerprint density at radius 2 is 2.43 bits per heavy atom. The monoisotopic (exact) mass is 189 g/mol. The van der Waals surface area contributed by atoms with Crippen molar-refractivity contribution in [3.63, 3.8) is 0 Å². The molecule has 2 rings (SSSR count). The summed E-state index contributed by atoms with van der Waals surface area (Å²) in [5, 5.41) is 3.13. The van der Waals surface area contributed by atoms with Crippen molar-refractivity contribution in [2.75, 3.05) is 11.1 Å². The third kappa shape index (κ3) is 2.01. The Hall–Kier alpha value is -2.04. The number of anilines is 2. The molecule has 0 spiro atoms. The minimum Gasteiger partial charge on any atom is -0.399 e. The van der Waals surface area contributed by atoms with Gasteiger partial charge in [0.15, 0.2) is 0 Å².